The molecule has 2 aliphatic heterocycles. The Labute approximate surface area is 412 Å². The van der Waals surface area contributed by atoms with Crippen LogP contribution in [0.3, 0.4) is 0 Å². The molecule has 2 aliphatic rings. The minimum Gasteiger partial charge on any atom is -0.360 e. The molecule has 0 aromatic heterocycles. The van der Waals surface area contributed by atoms with E-state index in [1.807, 2.05) is 0 Å². The van der Waals surface area contributed by atoms with Gasteiger partial charge in [0.15, 0.2) is 12.4 Å². The molecule has 1 aromatic rings. The molecule has 9 N–H and O–H groups in total. The van der Waals surface area contributed by atoms with Gasteiger partial charge >= 0.3 is 83.2 Å². The molecular formula is C25H38N2O38S8. The third-order valence-corrected chi connectivity index (χ3v) is 12.0. The molecule has 0 saturated carbocycles. The van der Waals surface area contributed by atoms with Gasteiger partial charge in [-0.1, -0.05) is 30.3 Å². The molecule has 0 bridgehead atoms. The lowest BCUT2D eigenvalue weighted by molar-refractivity contribution is -0.285. The van der Waals surface area contributed by atoms with Gasteiger partial charge < -0.3 is 29.2 Å². The van der Waals surface area contributed by atoms with Gasteiger partial charge in [0.05, 0.1) is 26.4 Å². The molecule has 2 heterocycles. The Hall–Kier alpha value is -3.04. The molecule has 73 heavy (non-hydrogen) atoms. The first-order chi connectivity index (χ1) is 33.0. The molecule has 3 rings (SSSR count). The van der Waals surface area contributed by atoms with Crippen LogP contribution < -0.4 is 5.32 Å². The lowest BCUT2D eigenvalue weighted by atomic mass is 9.99. The number of amides is 2. The SMILES string of the molecule is O=C(CN(Cc1ccccc1)C(=O)CO[C@@H]1[C@H](OS(=O)(=O)O)O[C@H](COS(=O)(=O)O)[C@H](OS(=O)(=O)O)[C@H]1OS(=O)(=O)O)NCCO[C@H]1O[C@@H](COS(=O)(=O)O)[C@@H](OS(=O)(=O)O)[C@H](OS(=O)(=O)O)[C@H]1OS(=O)(=O)O. The molecule has 424 valence electrons. The smallest absolute Gasteiger partial charge is 0.360 e. The number of benzene rings is 1. The van der Waals surface area contributed by atoms with Gasteiger partial charge in [-0.2, -0.15) is 67.3 Å². The Morgan fingerprint density at radius 3 is 1.32 bits per heavy atom. The maximum atomic E-state index is 13.7. The highest BCUT2D eigenvalue weighted by Crippen LogP contribution is 2.34. The van der Waals surface area contributed by atoms with E-state index >= 15 is 0 Å². The summed E-state index contributed by atoms with van der Waals surface area (Å²) in [4.78, 5) is 27.6. The van der Waals surface area contributed by atoms with E-state index in [4.69, 9.17) is 28.1 Å². The first kappa shape index (κ1) is 64.2. The second-order valence-electron chi connectivity index (χ2n) is 13.7. The first-order valence-corrected chi connectivity index (χ1v) is 29.2. The summed E-state index contributed by atoms with van der Waals surface area (Å²) in [5.41, 5.74) is 0.209. The van der Waals surface area contributed by atoms with Crippen molar-refractivity contribution in [3.8, 4) is 0 Å². The summed E-state index contributed by atoms with van der Waals surface area (Å²) in [5.74, 6) is -2.62. The number of carbonyl (C=O) groups excluding carboxylic acids is 2. The van der Waals surface area contributed by atoms with Crippen molar-refractivity contribution in [1.29, 1.82) is 0 Å². The van der Waals surface area contributed by atoms with Crippen LogP contribution in [-0.4, -0.2) is 221 Å². The van der Waals surface area contributed by atoms with E-state index in [1.165, 1.54) is 30.3 Å². The van der Waals surface area contributed by atoms with Crippen LogP contribution in [0.4, 0.5) is 0 Å². The van der Waals surface area contributed by atoms with Gasteiger partial charge in [0.2, 0.25) is 18.1 Å². The molecule has 0 radical (unpaired) electrons. The lowest BCUT2D eigenvalue weighted by Gasteiger charge is -2.43. The highest BCUT2D eigenvalue weighted by Gasteiger charge is 2.56. The predicted molar refractivity (Wildman–Crippen MR) is 218 cm³/mol. The second kappa shape index (κ2) is 25.4. The molecule has 0 spiro atoms. The molecular weight excluding hydrogens is 1190 g/mol. The molecule has 2 saturated heterocycles. The van der Waals surface area contributed by atoms with Gasteiger partial charge in [-0.25, -0.2) is 33.5 Å². The Morgan fingerprint density at radius 2 is 0.890 bits per heavy atom. The van der Waals surface area contributed by atoms with Crippen LogP contribution in [0, 0.1) is 0 Å². The van der Waals surface area contributed by atoms with Gasteiger partial charge in [0, 0.05) is 13.1 Å². The fourth-order valence-corrected chi connectivity index (χ4v) is 9.50. The molecule has 2 amide bonds. The highest BCUT2D eigenvalue weighted by molar-refractivity contribution is 7.82. The summed E-state index contributed by atoms with van der Waals surface area (Å²) in [6, 6.07) is 7.07. The maximum absolute atomic E-state index is 13.7. The summed E-state index contributed by atoms with van der Waals surface area (Å²) in [5, 5.41) is 2.11. The second-order valence-corrected chi connectivity index (χ2v) is 22.2. The van der Waals surface area contributed by atoms with Gasteiger partial charge in [0.1, 0.15) is 49.3 Å². The van der Waals surface area contributed by atoms with Gasteiger partial charge in [-0.05, 0) is 5.56 Å². The van der Waals surface area contributed by atoms with E-state index < -0.39 is 202 Å². The van der Waals surface area contributed by atoms with Crippen LogP contribution in [0.25, 0.3) is 0 Å². The van der Waals surface area contributed by atoms with Crippen LogP contribution in [0.1, 0.15) is 5.56 Å². The van der Waals surface area contributed by atoms with E-state index in [2.05, 4.69) is 38.8 Å². The molecule has 1 aromatic carbocycles. The zero-order valence-electron chi connectivity index (χ0n) is 35.1. The Bertz CT molecular complexity index is 2990. The Morgan fingerprint density at radius 1 is 0.493 bits per heavy atom. The van der Waals surface area contributed by atoms with Gasteiger partial charge in [-0.3, -0.25) is 46.0 Å². The zero-order valence-corrected chi connectivity index (χ0v) is 41.7. The number of carbonyl (C=O) groups is 2. The summed E-state index contributed by atoms with van der Waals surface area (Å²) < 4.78 is 315. The van der Waals surface area contributed by atoms with Crippen molar-refractivity contribution in [3.05, 3.63) is 35.9 Å². The lowest BCUT2D eigenvalue weighted by Crippen LogP contribution is -2.63. The highest BCUT2D eigenvalue weighted by atomic mass is 32.3. The standard InChI is InChI=1S/C25H38N2O38S8/c28-16(26-6-7-54-24-23(64-72(48,49)50)21(63-71(45,46)47)19(61-69(39,40)41)14(58-24)10-56-66(30,31)32)9-27(8-13-4-2-1-3-5-13)17(29)12-55-22-20(62-70(42,43)44)18(60-68(36,37)38)15(11-57-67(33,34)35)59-25(22)65-73(51,52)53/h1-5,14-15,18-25H,6-12H2,(H,26,28)(H,30,31,32)(H,33,34,35)(H,36,37,38)(H,39,40,41)(H,42,43,44)(H,45,46,47)(H,48,49,50)(H,51,52,53)/t14-,15+,18-,19+,20+,21-,22-,23+,24-,25-/m0/s1. The van der Waals surface area contributed by atoms with Crippen molar-refractivity contribution >= 4 is 95.0 Å². The minimum absolute atomic E-state index is 0.209. The van der Waals surface area contributed by atoms with Crippen molar-refractivity contribution in [2.45, 2.75) is 68.0 Å². The number of hydrogen-bond acceptors (Lipinski definition) is 30. The molecule has 40 nitrogen and oxygen atoms in total. The molecule has 10 atom stereocenters. The van der Waals surface area contributed by atoms with Crippen LogP contribution >= 0.6 is 0 Å². The van der Waals surface area contributed by atoms with Crippen LogP contribution in [0.5, 0.6) is 0 Å². The van der Waals surface area contributed by atoms with Crippen molar-refractivity contribution in [3.63, 3.8) is 0 Å². The molecule has 0 aliphatic carbocycles. The fourth-order valence-electron chi connectivity index (χ4n) is 5.98. The molecule has 0 unspecified atom stereocenters. The number of rotatable bonds is 29. The van der Waals surface area contributed by atoms with Gasteiger partial charge in [-0.15, -0.1) is 0 Å². The van der Waals surface area contributed by atoms with Crippen LogP contribution in [0.2, 0.25) is 0 Å². The number of nitrogens with one attached hydrogen (secondary N) is 1. The Kier molecular flexibility index (Phi) is 22.4. The van der Waals surface area contributed by atoms with Crippen molar-refractivity contribution in [2.75, 3.05) is 39.5 Å². The summed E-state index contributed by atoms with van der Waals surface area (Å²) in [6.45, 7) is -8.40. The quantitative estimate of drug-likeness (QED) is 0.0266. The first-order valence-electron chi connectivity index (χ1n) is 18.3. The van der Waals surface area contributed by atoms with E-state index in [-0.39, 0.29) is 5.56 Å². The predicted octanol–water partition coefficient (Wildman–Crippen LogP) is -6.62. The fraction of sp³-hybridized carbons (Fsp3) is 0.680. The topological polar surface area (TPSA) is 595 Å². The van der Waals surface area contributed by atoms with E-state index in [1.54, 1.807) is 0 Å². The third-order valence-electron chi connectivity index (χ3n) is 8.33. The summed E-state index contributed by atoms with van der Waals surface area (Å²) >= 11 is 0. The number of nitrogens with zero attached hydrogens (tertiary/aromatic N) is 1. The zero-order chi connectivity index (χ0) is 55.8. The number of ether oxygens (including phenoxy) is 4. The largest absolute Gasteiger partial charge is 0.399 e. The van der Waals surface area contributed by atoms with Crippen molar-refractivity contribution < 1.29 is 166 Å². The van der Waals surface area contributed by atoms with E-state index in [9.17, 15) is 104 Å². The summed E-state index contributed by atoms with van der Waals surface area (Å²) in [6.07, 6.45) is -27.8. The van der Waals surface area contributed by atoms with E-state index in [0.29, 0.717) is 4.90 Å². The monoisotopic (exact) mass is 1230 g/mol. The third kappa shape index (κ3) is 25.1. The molecule has 48 heteroatoms. The summed E-state index contributed by atoms with van der Waals surface area (Å²) in [7, 11) is -46.3. The van der Waals surface area contributed by atoms with Crippen LogP contribution in [-0.2, 0) is 152 Å². The molecule has 2 fully saturated rings. The average molecular weight is 1230 g/mol. The van der Waals surface area contributed by atoms with Gasteiger partial charge in [0.25, 0.3) is 0 Å². The maximum Gasteiger partial charge on any atom is 0.399 e. The normalized spacial score (nSPS) is 26.0. The average Bonchev–Trinajstić information content (AvgIpc) is 3.17. The number of hydrogen-bond donors (Lipinski definition) is 9. The van der Waals surface area contributed by atoms with E-state index in [0.717, 1.165) is 0 Å². The Balaban J connectivity index is 1.94. The van der Waals surface area contributed by atoms with Crippen LogP contribution in [0.15, 0.2) is 30.3 Å². The van der Waals surface area contributed by atoms with Crippen molar-refractivity contribution in [2.24, 2.45) is 0 Å². The van der Waals surface area contributed by atoms with Crippen molar-refractivity contribution in [1.82, 2.24) is 10.2 Å². The minimum atomic E-state index is -5.94.